The summed E-state index contributed by atoms with van der Waals surface area (Å²) in [7, 11) is 3.35. The fourth-order valence-electron chi connectivity index (χ4n) is 6.20. The van der Waals surface area contributed by atoms with E-state index in [2.05, 4.69) is 37.0 Å². The predicted octanol–water partition coefficient (Wildman–Crippen LogP) is 8.64. The van der Waals surface area contributed by atoms with E-state index in [-0.39, 0.29) is 11.0 Å². The zero-order valence-corrected chi connectivity index (χ0v) is 28.6. The van der Waals surface area contributed by atoms with Gasteiger partial charge in [-0.2, -0.15) is 29.0 Å². The van der Waals surface area contributed by atoms with Gasteiger partial charge in [-0.3, -0.25) is 0 Å². The van der Waals surface area contributed by atoms with E-state index in [1.807, 2.05) is 24.3 Å². The quantitative estimate of drug-likeness (QED) is 0.207. The summed E-state index contributed by atoms with van der Waals surface area (Å²) < 4.78 is 61.3. The highest BCUT2D eigenvalue weighted by Gasteiger charge is 2.65. The lowest BCUT2D eigenvalue weighted by molar-refractivity contribution is -0.249. The van der Waals surface area contributed by atoms with E-state index < -0.39 is 34.3 Å². The summed E-state index contributed by atoms with van der Waals surface area (Å²) in [6.07, 6.45) is 6.91. The zero-order valence-electron chi connectivity index (χ0n) is 28.6. The number of methoxy groups -OCH3 is 2. The van der Waals surface area contributed by atoms with Crippen LogP contribution < -0.4 is 4.90 Å². The SMILES string of the molecule is COCCN(CCOC)c1ccc(/C=C/C2=CC(=C\C=C\C3=C(C#N)C(=C(C#N)C#N)OC3(c3ccccc3)C(F)(F)F)/CC(C)(C)C2)cc1. The number of nitrogens with zero attached hydrogens (tertiary/aromatic N) is 4. The zero-order chi connectivity index (χ0) is 36.4. The topological polar surface area (TPSA) is 102 Å². The number of alkyl halides is 3. The van der Waals surface area contributed by atoms with Gasteiger partial charge >= 0.3 is 6.18 Å². The first-order chi connectivity index (χ1) is 23.9. The van der Waals surface area contributed by atoms with Gasteiger partial charge in [-0.1, -0.05) is 92.8 Å². The number of halogens is 3. The number of nitriles is 3. The van der Waals surface area contributed by atoms with Crippen LogP contribution in [-0.2, 0) is 19.8 Å². The van der Waals surface area contributed by atoms with Gasteiger partial charge in [0, 0.05) is 44.1 Å². The Balaban J connectivity index is 1.69. The second kappa shape index (κ2) is 16.4. The molecular formula is C40H39F3N4O3. The second-order valence-corrected chi connectivity index (χ2v) is 12.7. The average molecular weight is 681 g/mol. The Morgan fingerprint density at radius 1 is 0.900 bits per heavy atom. The number of rotatable bonds is 12. The van der Waals surface area contributed by atoms with Gasteiger partial charge in [0.05, 0.1) is 13.2 Å². The molecule has 0 amide bonds. The van der Waals surface area contributed by atoms with E-state index >= 15 is 13.2 Å². The summed E-state index contributed by atoms with van der Waals surface area (Å²) in [6.45, 7) is 6.94. The number of hydrogen-bond acceptors (Lipinski definition) is 7. The van der Waals surface area contributed by atoms with Crippen LogP contribution in [-0.4, -0.2) is 46.7 Å². The van der Waals surface area contributed by atoms with Crippen LogP contribution >= 0.6 is 0 Å². The highest BCUT2D eigenvalue weighted by atomic mass is 19.4. The maximum Gasteiger partial charge on any atom is 0.437 e. The summed E-state index contributed by atoms with van der Waals surface area (Å²) in [6, 6.07) is 20.0. The summed E-state index contributed by atoms with van der Waals surface area (Å²) in [4.78, 5) is 2.20. The van der Waals surface area contributed by atoms with E-state index in [0.717, 1.165) is 41.9 Å². The number of allylic oxidation sites excluding steroid dienone is 8. The largest absolute Gasteiger partial charge is 0.465 e. The molecule has 10 heteroatoms. The fraction of sp³-hybridized carbons (Fsp3) is 0.325. The van der Waals surface area contributed by atoms with Crippen molar-refractivity contribution in [3.05, 3.63) is 130 Å². The Morgan fingerprint density at radius 2 is 1.54 bits per heavy atom. The Bertz CT molecular complexity index is 1820. The van der Waals surface area contributed by atoms with Gasteiger partial charge in [0.2, 0.25) is 0 Å². The molecule has 1 heterocycles. The van der Waals surface area contributed by atoms with Gasteiger partial charge in [0.15, 0.2) is 11.3 Å². The molecule has 0 bridgehead atoms. The maximum absolute atomic E-state index is 15.1. The molecule has 258 valence electrons. The highest BCUT2D eigenvalue weighted by Crippen LogP contribution is 2.55. The van der Waals surface area contributed by atoms with Crippen LogP contribution in [0.2, 0.25) is 0 Å². The molecule has 2 aromatic rings. The Morgan fingerprint density at radius 3 is 2.10 bits per heavy atom. The summed E-state index contributed by atoms with van der Waals surface area (Å²) in [5.74, 6) is -0.692. The lowest BCUT2D eigenvalue weighted by atomic mass is 9.75. The molecule has 7 nitrogen and oxygen atoms in total. The lowest BCUT2D eigenvalue weighted by Crippen LogP contribution is -2.43. The number of anilines is 1. The van der Waals surface area contributed by atoms with Crippen LogP contribution in [0.25, 0.3) is 6.08 Å². The third kappa shape index (κ3) is 8.44. The van der Waals surface area contributed by atoms with Gasteiger partial charge in [-0.25, -0.2) is 0 Å². The molecular weight excluding hydrogens is 641 g/mol. The molecule has 50 heavy (non-hydrogen) atoms. The smallest absolute Gasteiger partial charge is 0.437 e. The van der Waals surface area contributed by atoms with Gasteiger partial charge in [0.1, 0.15) is 23.8 Å². The first-order valence-electron chi connectivity index (χ1n) is 16.0. The van der Waals surface area contributed by atoms with Crippen molar-refractivity contribution in [1.82, 2.24) is 0 Å². The summed E-state index contributed by atoms with van der Waals surface area (Å²) >= 11 is 0. The first-order valence-corrected chi connectivity index (χ1v) is 16.0. The number of benzene rings is 2. The van der Waals surface area contributed by atoms with Gasteiger partial charge in [0.25, 0.3) is 5.60 Å². The summed E-state index contributed by atoms with van der Waals surface area (Å²) in [5.41, 5.74) is -1.22. The number of ether oxygens (including phenoxy) is 3. The molecule has 2 aliphatic rings. The minimum Gasteiger partial charge on any atom is -0.465 e. The van der Waals surface area contributed by atoms with Crippen LogP contribution in [0.15, 0.2) is 119 Å². The van der Waals surface area contributed by atoms with Crippen molar-refractivity contribution < 1.29 is 27.4 Å². The fourth-order valence-corrected chi connectivity index (χ4v) is 6.20. The van der Waals surface area contributed by atoms with Crippen LogP contribution in [0.4, 0.5) is 18.9 Å². The van der Waals surface area contributed by atoms with E-state index in [0.29, 0.717) is 19.6 Å². The van der Waals surface area contributed by atoms with Gasteiger partial charge in [-0.05, 0) is 47.1 Å². The minimum atomic E-state index is -5.05. The molecule has 4 rings (SSSR count). The van der Waals surface area contributed by atoms with Crippen molar-refractivity contribution in [2.75, 3.05) is 45.4 Å². The van der Waals surface area contributed by atoms with Crippen LogP contribution in [0.3, 0.4) is 0 Å². The summed E-state index contributed by atoms with van der Waals surface area (Å²) in [5, 5.41) is 29.0. The molecule has 1 atom stereocenters. The highest BCUT2D eigenvalue weighted by molar-refractivity contribution is 5.63. The van der Waals surface area contributed by atoms with Crippen molar-refractivity contribution in [3.8, 4) is 18.2 Å². The van der Waals surface area contributed by atoms with Crippen LogP contribution in [0, 0.1) is 39.4 Å². The van der Waals surface area contributed by atoms with Crippen molar-refractivity contribution in [3.63, 3.8) is 0 Å². The van der Waals surface area contributed by atoms with Crippen molar-refractivity contribution in [2.45, 2.75) is 38.5 Å². The van der Waals surface area contributed by atoms with E-state index in [1.165, 1.54) is 36.4 Å². The average Bonchev–Trinajstić information content (AvgIpc) is 3.43. The van der Waals surface area contributed by atoms with Crippen LogP contribution in [0.5, 0.6) is 0 Å². The van der Waals surface area contributed by atoms with Gasteiger partial charge < -0.3 is 19.1 Å². The van der Waals surface area contributed by atoms with E-state index in [9.17, 15) is 15.8 Å². The van der Waals surface area contributed by atoms with Crippen molar-refractivity contribution >= 4 is 11.8 Å². The third-order valence-corrected chi connectivity index (χ3v) is 8.46. The van der Waals surface area contributed by atoms with Crippen molar-refractivity contribution in [2.24, 2.45) is 5.41 Å². The Kier molecular flexibility index (Phi) is 12.3. The van der Waals surface area contributed by atoms with Crippen molar-refractivity contribution in [1.29, 1.82) is 15.8 Å². The molecule has 0 fully saturated rings. The molecule has 0 spiro atoms. The molecule has 1 aliphatic carbocycles. The molecule has 0 saturated heterocycles. The maximum atomic E-state index is 15.1. The third-order valence-electron chi connectivity index (χ3n) is 8.46. The lowest BCUT2D eigenvalue weighted by Gasteiger charge is -2.33. The van der Waals surface area contributed by atoms with E-state index in [4.69, 9.17) is 14.2 Å². The Labute approximate surface area is 291 Å². The predicted molar refractivity (Wildman–Crippen MR) is 186 cm³/mol. The number of hydrogen-bond donors (Lipinski definition) is 0. The molecule has 1 unspecified atom stereocenters. The normalized spacial score (nSPS) is 19.6. The molecule has 0 radical (unpaired) electrons. The molecule has 1 aliphatic heterocycles. The standard InChI is InChI=1S/C40H39F3N4O3/c1-38(2)24-30(23-31(25-38)14-13-29-15-17-34(18-16-29)47(19-21-48-3)20-22-49-4)9-8-12-36-35(28-46)37(32(26-44)27-45)50-39(36,40(41,42)43)33-10-6-5-7-11-33/h5-18,23H,19-22,24-25H2,1-4H3/b12-8+,14-13+,30-9+. The second-order valence-electron chi connectivity index (χ2n) is 12.7. The minimum absolute atomic E-state index is 0.126. The molecule has 0 saturated carbocycles. The molecule has 0 aromatic heterocycles. The first kappa shape index (κ1) is 37.5. The molecule has 0 N–H and O–H groups in total. The van der Waals surface area contributed by atoms with Gasteiger partial charge in [-0.15, -0.1) is 0 Å². The van der Waals surface area contributed by atoms with Crippen LogP contribution in [0.1, 0.15) is 37.8 Å². The monoisotopic (exact) mass is 680 g/mol. The molecule has 2 aromatic carbocycles. The van der Waals surface area contributed by atoms with E-state index in [1.54, 1.807) is 44.6 Å². The Hall–Kier alpha value is -5.34.